The molecular formula is C12H30N2O10. The maximum Gasteiger partial charge on any atom is 0.111 e. The molecule has 0 heterocycles. The van der Waals surface area contributed by atoms with Crippen molar-refractivity contribution in [2.75, 3.05) is 26.3 Å². The average Bonchev–Trinajstić information content (AvgIpc) is 2.62. The predicted octanol–water partition coefficient (Wildman–Crippen LogP) is -7.24. The fourth-order valence-corrected chi connectivity index (χ4v) is 1.41. The number of nitrogens with two attached hydrogens (primary N) is 2. The van der Waals surface area contributed by atoms with Crippen LogP contribution in [-0.4, -0.2) is 126 Å². The number of rotatable bonds is 10. The highest BCUT2D eigenvalue weighted by atomic mass is 16.4. The van der Waals surface area contributed by atoms with Crippen LogP contribution in [0.25, 0.3) is 0 Å². The number of aliphatic hydroxyl groups excluding tert-OH is 10. The zero-order valence-electron chi connectivity index (χ0n) is 13.1. The SMILES string of the molecule is NCC(O)C(O)C(O)C(O)CO.NCC(O)C(O)C(O)C(O)CO. The van der Waals surface area contributed by atoms with Crippen molar-refractivity contribution in [2.24, 2.45) is 11.5 Å². The van der Waals surface area contributed by atoms with E-state index in [2.05, 4.69) is 0 Å². The van der Waals surface area contributed by atoms with E-state index in [-0.39, 0.29) is 13.1 Å². The van der Waals surface area contributed by atoms with Crippen LogP contribution in [0.1, 0.15) is 0 Å². The zero-order chi connectivity index (χ0) is 19.4. The Morgan fingerprint density at radius 1 is 0.458 bits per heavy atom. The molecular weight excluding hydrogens is 332 g/mol. The maximum atomic E-state index is 9.04. The zero-order valence-corrected chi connectivity index (χ0v) is 13.1. The highest BCUT2D eigenvalue weighted by Crippen LogP contribution is 2.04. The summed E-state index contributed by atoms with van der Waals surface area (Å²) in [6, 6.07) is 0. The van der Waals surface area contributed by atoms with Crippen LogP contribution in [0.15, 0.2) is 0 Å². The van der Waals surface area contributed by atoms with Crippen molar-refractivity contribution in [1.29, 1.82) is 0 Å². The average molecular weight is 362 g/mol. The second kappa shape index (κ2) is 13.8. The van der Waals surface area contributed by atoms with E-state index in [1.54, 1.807) is 0 Å². The Balaban J connectivity index is 0. The Kier molecular flexibility index (Phi) is 14.8. The quantitative estimate of drug-likeness (QED) is 0.173. The van der Waals surface area contributed by atoms with E-state index in [1.807, 2.05) is 0 Å². The summed E-state index contributed by atoms with van der Waals surface area (Å²) in [5, 5.41) is 88.3. The topological polar surface area (TPSA) is 254 Å². The molecule has 0 spiro atoms. The predicted molar refractivity (Wildman–Crippen MR) is 80.3 cm³/mol. The van der Waals surface area contributed by atoms with Gasteiger partial charge in [-0.1, -0.05) is 0 Å². The van der Waals surface area contributed by atoms with Crippen LogP contribution < -0.4 is 11.5 Å². The standard InChI is InChI=1S/2C6H15NO5/c2*7-1-3(9)5(11)6(12)4(10)2-8/h2*3-6,8-12H,1-2,7H2. The molecule has 12 nitrogen and oxygen atoms in total. The van der Waals surface area contributed by atoms with Crippen molar-refractivity contribution in [3.63, 3.8) is 0 Å². The lowest BCUT2D eigenvalue weighted by Crippen LogP contribution is -2.48. The Bertz CT molecular complexity index is 245. The van der Waals surface area contributed by atoms with Crippen LogP contribution in [-0.2, 0) is 0 Å². The second-order valence-corrected chi connectivity index (χ2v) is 5.07. The fraction of sp³-hybridized carbons (Fsp3) is 1.00. The van der Waals surface area contributed by atoms with Crippen LogP contribution in [0.4, 0.5) is 0 Å². The molecule has 0 aliphatic carbocycles. The molecule has 0 aliphatic heterocycles. The minimum atomic E-state index is -1.59. The van der Waals surface area contributed by atoms with E-state index in [0.29, 0.717) is 0 Å². The third-order valence-electron chi connectivity index (χ3n) is 3.13. The van der Waals surface area contributed by atoms with E-state index >= 15 is 0 Å². The Hall–Kier alpha value is -0.480. The first-order chi connectivity index (χ1) is 11.1. The molecule has 14 N–H and O–H groups in total. The van der Waals surface area contributed by atoms with Gasteiger partial charge in [0.1, 0.15) is 36.6 Å². The minimum absolute atomic E-state index is 0.226. The van der Waals surface area contributed by atoms with Gasteiger partial charge in [-0.05, 0) is 0 Å². The summed E-state index contributed by atoms with van der Waals surface area (Å²) in [7, 11) is 0. The van der Waals surface area contributed by atoms with Gasteiger partial charge in [-0.2, -0.15) is 0 Å². The summed E-state index contributed by atoms with van der Waals surface area (Å²) in [5.74, 6) is 0. The molecule has 148 valence electrons. The lowest BCUT2D eigenvalue weighted by Gasteiger charge is -2.24. The molecule has 0 rings (SSSR count). The van der Waals surface area contributed by atoms with Gasteiger partial charge in [0.2, 0.25) is 0 Å². The fourth-order valence-electron chi connectivity index (χ4n) is 1.41. The first-order valence-electron chi connectivity index (χ1n) is 7.15. The molecule has 24 heavy (non-hydrogen) atoms. The molecule has 0 aliphatic rings. The largest absolute Gasteiger partial charge is 0.394 e. The van der Waals surface area contributed by atoms with Crippen molar-refractivity contribution in [3.8, 4) is 0 Å². The van der Waals surface area contributed by atoms with Gasteiger partial charge in [-0.3, -0.25) is 0 Å². The summed E-state index contributed by atoms with van der Waals surface area (Å²) in [5.41, 5.74) is 9.97. The molecule has 0 saturated heterocycles. The third-order valence-corrected chi connectivity index (χ3v) is 3.13. The molecule has 0 bridgehead atoms. The molecule has 0 aromatic heterocycles. The van der Waals surface area contributed by atoms with Gasteiger partial charge in [-0.15, -0.1) is 0 Å². The lowest BCUT2D eigenvalue weighted by atomic mass is 10.0. The molecule has 0 fully saturated rings. The first kappa shape index (κ1) is 25.8. The van der Waals surface area contributed by atoms with Gasteiger partial charge in [0.25, 0.3) is 0 Å². The Labute approximate surface area is 138 Å². The summed E-state index contributed by atoms with van der Waals surface area (Å²) in [6.45, 7) is -1.82. The van der Waals surface area contributed by atoms with Crippen molar-refractivity contribution in [1.82, 2.24) is 0 Å². The van der Waals surface area contributed by atoms with Gasteiger partial charge in [-0.25, -0.2) is 0 Å². The van der Waals surface area contributed by atoms with E-state index in [0.717, 1.165) is 0 Å². The van der Waals surface area contributed by atoms with E-state index < -0.39 is 62.0 Å². The van der Waals surface area contributed by atoms with Crippen molar-refractivity contribution >= 4 is 0 Å². The third kappa shape index (κ3) is 9.12. The van der Waals surface area contributed by atoms with Crippen molar-refractivity contribution < 1.29 is 51.1 Å². The lowest BCUT2D eigenvalue weighted by molar-refractivity contribution is -0.112. The second-order valence-electron chi connectivity index (χ2n) is 5.07. The van der Waals surface area contributed by atoms with Crippen LogP contribution in [0.2, 0.25) is 0 Å². The summed E-state index contributed by atoms with van der Waals surface area (Å²) < 4.78 is 0. The van der Waals surface area contributed by atoms with Gasteiger partial charge in [0.05, 0.1) is 25.4 Å². The van der Waals surface area contributed by atoms with E-state index in [9.17, 15) is 0 Å². The van der Waals surface area contributed by atoms with E-state index in [4.69, 9.17) is 62.5 Å². The summed E-state index contributed by atoms with van der Waals surface area (Å²) in [6.07, 6.45) is -11.8. The minimum Gasteiger partial charge on any atom is -0.394 e. The molecule has 8 unspecified atom stereocenters. The van der Waals surface area contributed by atoms with Crippen molar-refractivity contribution in [2.45, 2.75) is 48.8 Å². The normalized spacial score (nSPS) is 21.5. The highest BCUT2D eigenvalue weighted by molar-refractivity contribution is 4.81. The molecule has 0 aromatic rings. The van der Waals surface area contributed by atoms with Gasteiger partial charge < -0.3 is 62.5 Å². The number of hydrogen-bond acceptors (Lipinski definition) is 12. The summed E-state index contributed by atoms with van der Waals surface area (Å²) >= 11 is 0. The molecule has 0 amide bonds. The molecule has 0 saturated carbocycles. The Morgan fingerprint density at radius 3 is 0.833 bits per heavy atom. The highest BCUT2D eigenvalue weighted by Gasteiger charge is 2.29. The van der Waals surface area contributed by atoms with Crippen LogP contribution in [0, 0.1) is 0 Å². The van der Waals surface area contributed by atoms with Gasteiger partial charge >= 0.3 is 0 Å². The molecule has 8 atom stereocenters. The number of hydrogen-bond donors (Lipinski definition) is 12. The Morgan fingerprint density at radius 2 is 0.667 bits per heavy atom. The monoisotopic (exact) mass is 362 g/mol. The van der Waals surface area contributed by atoms with Crippen LogP contribution >= 0.6 is 0 Å². The molecule has 0 radical (unpaired) electrons. The molecule has 12 heteroatoms. The van der Waals surface area contributed by atoms with E-state index in [1.165, 1.54) is 0 Å². The summed E-state index contributed by atoms with van der Waals surface area (Å²) in [4.78, 5) is 0. The smallest absolute Gasteiger partial charge is 0.111 e. The van der Waals surface area contributed by atoms with Gasteiger partial charge in [0, 0.05) is 13.1 Å². The van der Waals surface area contributed by atoms with Crippen molar-refractivity contribution in [3.05, 3.63) is 0 Å². The number of aliphatic hydroxyl groups is 10. The first-order valence-corrected chi connectivity index (χ1v) is 7.15. The van der Waals surface area contributed by atoms with Crippen LogP contribution in [0.5, 0.6) is 0 Å². The van der Waals surface area contributed by atoms with Gasteiger partial charge in [0.15, 0.2) is 0 Å². The molecule has 0 aromatic carbocycles. The van der Waals surface area contributed by atoms with Crippen LogP contribution in [0.3, 0.4) is 0 Å². The maximum absolute atomic E-state index is 9.04.